The zero-order valence-corrected chi connectivity index (χ0v) is 44.8. The monoisotopic (exact) mass is 1040 g/mol. The van der Waals surface area contributed by atoms with Gasteiger partial charge in [0.15, 0.2) is 0 Å². The molecule has 4 aliphatic rings. The maximum Gasteiger partial charge on any atom is 0.339 e. The Labute approximate surface area is 447 Å². The largest absolute Gasteiger partial charge is 0.478 e. The average Bonchev–Trinajstić information content (AvgIpc) is 3.41. The molecule has 2 saturated heterocycles. The number of halogens is 2. The molecule has 2 aromatic heterocycles. The van der Waals surface area contributed by atoms with E-state index in [4.69, 9.17) is 14.5 Å². The third-order valence-corrected chi connectivity index (χ3v) is 14.1. The lowest BCUT2D eigenvalue weighted by Crippen LogP contribution is -2.44. The van der Waals surface area contributed by atoms with Gasteiger partial charge in [0.1, 0.15) is 17.2 Å². The Morgan fingerprint density at radius 2 is 1.09 bits per heavy atom. The molecule has 16 heteroatoms. The van der Waals surface area contributed by atoms with E-state index in [9.17, 15) is 23.5 Å². The second-order valence-corrected chi connectivity index (χ2v) is 19.8. The summed E-state index contributed by atoms with van der Waals surface area (Å²) in [6.45, 7) is 18.7. The van der Waals surface area contributed by atoms with Gasteiger partial charge < -0.3 is 34.6 Å². The van der Waals surface area contributed by atoms with Gasteiger partial charge in [0, 0.05) is 87.0 Å². The van der Waals surface area contributed by atoms with E-state index in [0.717, 1.165) is 44.0 Å². The van der Waals surface area contributed by atoms with Gasteiger partial charge in [-0.2, -0.15) is 0 Å². The molecule has 4 fully saturated rings. The average molecular weight is 1040 g/mol. The Balaban J connectivity index is 0.000000167. The lowest BCUT2D eigenvalue weighted by Gasteiger charge is -2.38. The minimum absolute atomic E-state index is 0.0853. The number of amides is 1. The molecule has 10 rings (SSSR count). The van der Waals surface area contributed by atoms with Gasteiger partial charge in [0.2, 0.25) is 11.9 Å². The summed E-state index contributed by atoms with van der Waals surface area (Å²) in [5.41, 5.74) is 3.56. The van der Waals surface area contributed by atoms with E-state index in [0.29, 0.717) is 100.0 Å². The van der Waals surface area contributed by atoms with Crippen molar-refractivity contribution in [1.82, 2.24) is 35.1 Å². The summed E-state index contributed by atoms with van der Waals surface area (Å²) < 4.78 is 39.6. The SMILES string of the molecule is CCN(C(C)C)C(C)C.O=C(O)c1cnc(N2CCOCC2)nc1-c1ccccc1F.O=C(c1cnc(N2CCOCC2)nc1-c1ccccc1F)N(Cc1ccccc1)C1CCC1.c1ccc(CNC2CCC2)cc1. The molecule has 2 N–H and O–H groups in total. The van der Waals surface area contributed by atoms with Crippen molar-refractivity contribution in [2.24, 2.45) is 0 Å². The molecule has 14 nitrogen and oxygen atoms in total. The lowest BCUT2D eigenvalue weighted by molar-refractivity contribution is 0.0556. The van der Waals surface area contributed by atoms with E-state index in [1.165, 1.54) is 49.2 Å². The number of nitrogens with one attached hydrogen (secondary N) is 1. The summed E-state index contributed by atoms with van der Waals surface area (Å²) in [4.78, 5) is 51.1. The number of benzene rings is 4. The predicted octanol–water partition coefficient (Wildman–Crippen LogP) is 10.6. The quantitative estimate of drug-likeness (QED) is 0.101. The lowest BCUT2D eigenvalue weighted by atomic mass is 9.90. The van der Waals surface area contributed by atoms with E-state index < -0.39 is 17.6 Å². The van der Waals surface area contributed by atoms with Crippen LogP contribution in [0.15, 0.2) is 122 Å². The minimum atomic E-state index is -1.19. The molecule has 2 aliphatic heterocycles. The van der Waals surface area contributed by atoms with Crippen LogP contribution in [0.3, 0.4) is 0 Å². The second-order valence-electron chi connectivity index (χ2n) is 19.8. The van der Waals surface area contributed by atoms with Crippen molar-refractivity contribution in [3.63, 3.8) is 0 Å². The van der Waals surface area contributed by atoms with Gasteiger partial charge in [-0.05, 0) is 102 Å². The number of anilines is 2. The van der Waals surface area contributed by atoms with Crippen molar-refractivity contribution in [3.8, 4) is 22.5 Å². The minimum Gasteiger partial charge on any atom is -0.478 e. The maximum absolute atomic E-state index is 14.9. The molecule has 404 valence electrons. The first-order chi connectivity index (χ1) is 36.9. The Morgan fingerprint density at radius 1 is 0.645 bits per heavy atom. The first kappa shape index (κ1) is 57.0. The van der Waals surface area contributed by atoms with Crippen molar-refractivity contribution >= 4 is 23.8 Å². The van der Waals surface area contributed by atoms with Gasteiger partial charge in [-0.3, -0.25) is 9.69 Å². The number of rotatable bonds is 15. The summed E-state index contributed by atoms with van der Waals surface area (Å²) in [5.74, 6) is -1.40. The third kappa shape index (κ3) is 15.9. The zero-order chi connectivity index (χ0) is 53.8. The van der Waals surface area contributed by atoms with E-state index in [1.54, 1.807) is 36.5 Å². The van der Waals surface area contributed by atoms with Crippen molar-refractivity contribution < 1.29 is 33.0 Å². The van der Waals surface area contributed by atoms with Gasteiger partial charge in [-0.15, -0.1) is 0 Å². The standard InChI is InChI=1S/C26H27FN4O2.C15H14FN3O3.C11H15N.C8H19N/c27-23-12-5-4-11-21(23)24-22(17-28-26(29-24)30-13-15-33-16-14-30)25(32)31(20-9-6-10-20)18-19-7-2-1-3-8-19;16-12-4-2-1-3-10(12)13-11(14(20)21)9-17-15(18-13)19-5-7-22-8-6-19;1-2-5-10(6-3-1)9-12-11-7-4-8-11;1-6-9(7(2)3)8(4)5/h1-5,7-8,11-12,17,20H,6,9-10,13-16,18H2;1-4,9H,5-8H2,(H,20,21);1-3,5-6,11-12H,4,7-9H2;7-8H,6H2,1-5H3. The molecule has 0 bridgehead atoms. The van der Waals surface area contributed by atoms with Crippen LogP contribution in [-0.4, -0.2) is 130 Å². The number of carboxylic acid groups (broad SMARTS) is 1. The number of aromatic nitrogens is 4. The van der Waals surface area contributed by atoms with Crippen LogP contribution < -0.4 is 15.1 Å². The highest BCUT2D eigenvalue weighted by molar-refractivity contribution is 6.00. The van der Waals surface area contributed by atoms with Crippen LogP contribution in [0, 0.1) is 11.6 Å². The smallest absolute Gasteiger partial charge is 0.339 e. The maximum atomic E-state index is 14.9. The first-order valence-electron chi connectivity index (χ1n) is 26.9. The van der Waals surface area contributed by atoms with Crippen LogP contribution in [0.25, 0.3) is 22.5 Å². The molecule has 4 heterocycles. The van der Waals surface area contributed by atoms with Crippen molar-refractivity contribution in [3.05, 3.63) is 155 Å². The summed E-state index contributed by atoms with van der Waals surface area (Å²) in [5, 5.41) is 12.8. The van der Waals surface area contributed by atoms with Gasteiger partial charge >= 0.3 is 5.97 Å². The normalized spacial score (nSPS) is 15.6. The van der Waals surface area contributed by atoms with Crippen LogP contribution in [0.1, 0.15) is 105 Å². The molecule has 0 unspecified atom stereocenters. The van der Waals surface area contributed by atoms with Gasteiger partial charge in [0.05, 0.1) is 43.4 Å². The third-order valence-electron chi connectivity index (χ3n) is 14.1. The van der Waals surface area contributed by atoms with Gasteiger partial charge in [0.25, 0.3) is 5.91 Å². The van der Waals surface area contributed by atoms with Crippen molar-refractivity contribution in [2.45, 2.75) is 110 Å². The number of ether oxygens (including phenoxy) is 2. The molecule has 6 aromatic rings. The van der Waals surface area contributed by atoms with Crippen LogP contribution in [-0.2, 0) is 22.6 Å². The Bertz CT molecular complexity index is 2730. The Kier molecular flexibility index (Phi) is 21.7. The molecule has 2 saturated carbocycles. The predicted molar refractivity (Wildman–Crippen MR) is 295 cm³/mol. The topological polar surface area (TPSA) is 149 Å². The second kappa shape index (κ2) is 29.0. The fourth-order valence-electron chi connectivity index (χ4n) is 9.40. The van der Waals surface area contributed by atoms with Gasteiger partial charge in [-0.25, -0.2) is 33.5 Å². The van der Waals surface area contributed by atoms with Crippen LogP contribution in [0.2, 0.25) is 0 Å². The fraction of sp³-hybridized carbons (Fsp3) is 0.433. The number of nitrogens with zero attached hydrogens (tertiary/aromatic N) is 8. The molecule has 0 spiro atoms. The molecule has 1 amide bonds. The van der Waals surface area contributed by atoms with Crippen LogP contribution in [0.4, 0.5) is 20.7 Å². The van der Waals surface area contributed by atoms with E-state index in [-0.39, 0.29) is 28.8 Å². The number of hydrogen-bond donors (Lipinski definition) is 2. The molecule has 4 aromatic carbocycles. The Hall–Kier alpha value is -6.72. The van der Waals surface area contributed by atoms with E-state index in [2.05, 4.69) is 90.1 Å². The highest BCUT2D eigenvalue weighted by atomic mass is 19.1. The first-order valence-corrected chi connectivity index (χ1v) is 26.9. The molecule has 2 aliphatic carbocycles. The highest BCUT2D eigenvalue weighted by Gasteiger charge is 2.32. The molecule has 0 radical (unpaired) electrons. The molecule has 0 atom stereocenters. The van der Waals surface area contributed by atoms with Crippen molar-refractivity contribution in [2.75, 3.05) is 69.0 Å². The number of carboxylic acids is 1. The fourth-order valence-corrected chi connectivity index (χ4v) is 9.40. The number of hydrogen-bond acceptors (Lipinski definition) is 12. The van der Waals surface area contributed by atoms with E-state index in [1.807, 2.05) is 45.0 Å². The summed E-state index contributed by atoms with van der Waals surface area (Å²) in [6.07, 6.45) is 9.99. The van der Waals surface area contributed by atoms with Gasteiger partial charge in [-0.1, -0.05) is 98.3 Å². The number of morpholine rings is 2. The highest BCUT2D eigenvalue weighted by Crippen LogP contribution is 2.32. The number of carbonyl (C=O) groups is 2. The zero-order valence-electron chi connectivity index (χ0n) is 44.8. The summed E-state index contributed by atoms with van der Waals surface area (Å²) >= 11 is 0. The van der Waals surface area contributed by atoms with Crippen molar-refractivity contribution in [1.29, 1.82) is 0 Å². The molecule has 76 heavy (non-hydrogen) atoms. The number of carbonyl (C=O) groups excluding carboxylic acids is 1. The summed E-state index contributed by atoms with van der Waals surface area (Å²) in [6, 6.07) is 35.3. The number of aromatic carboxylic acids is 1. The van der Waals surface area contributed by atoms with Crippen LogP contribution >= 0.6 is 0 Å². The Morgan fingerprint density at radius 3 is 1.50 bits per heavy atom. The molecular formula is C60H75F2N9O5. The molecular weight excluding hydrogens is 965 g/mol. The van der Waals surface area contributed by atoms with Crippen LogP contribution in [0.5, 0.6) is 0 Å². The summed E-state index contributed by atoms with van der Waals surface area (Å²) in [7, 11) is 0. The van der Waals surface area contributed by atoms with E-state index >= 15 is 0 Å².